The highest BCUT2D eigenvalue weighted by Gasteiger charge is 2.43. The second kappa shape index (κ2) is 11.9. The fourth-order valence-electron chi connectivity index (χ4n) is 5.13. The normalized spacial score (nSPS) is 19.1. The summed E-state index contributed by atoms with van der Waals surface area (Å²) in [6.45, 7) is 9.01. The van der Waals surface area contributed by atoms with E-state index in [2.05, 4.69) is 34.8 Å². The number of pyridine rings is 2. The van der Waals surface area contributed by atoms with Gasteiger partial charge in [0.1, 0.15) is 23.9 Å². The number of rotatable bonds is 13. The average Bonchev–Trinajstić information content (AvgIpc) is 3.55. The van der Waals surface area contributed by atoms with Gasteiger partial charge in [0.2, 0.25) is 11.8 Å². The summed E-state index contributed by atoms with van der Waals surface area (Å²) in [5.41, 5.74) is 2.47. The van der Waals surface area contributed by atoms with Crippen molar-refractivity contribution in [2.24, 2.45) is 11.8 Å². The standard InChI is InChI=1S/C30H43N5O4Si/c1-34(2)17-20-16-23(20)29(36)33-26-11-10-22-24(18-35(28(22)32-26)19-38-14-15-40(4,5)6)27-25(39-21-8-7-9-21)12-13-31-30(27)37-3/h10-13,18,20-21,23H,7-9,14-17,19H2,1-6H3,(H,32,33,36). The van der Waals surface area contributed by atoms with E-state index in [9.17, 15) is 4.79 Å². The SMILES string of the molecule is COc1nccc(OC2CCC2)c1-c1cn(COCC[Si](C)(C)C)c2nc(NC(=O)C3CC3CN(C)C)ccc12. The van der Waals surface area contributed by atoms with Gasteiger partial charge >= 0.3 is 0 Å². The molecule has 9 nitrogen and oxygen atoms in total. The number of anilines is 1. The van der Waals surface area contributed by atoms with Gasteiger partial charge in [-0.15, -0.1) is 0 Å². The quantitative estimate of drug-likeness (QED) is 0.217. The van der Waals surface area contributed by atoms with E-state index in [0.29, 0.717) is 31.0 Å². The van der Waals surface area contributed by atoms with Crippen LogP contribution >= 0.6 is 0 Å². The smallest absolute Gasteiger partial charge is 0.228 e. The van der Waals surface area contributed by atoms with Gasteiger partial charge in [0, 0.05) is 50.5 Å². The molecule has 2 unspecified atom stereocenters. The molecule has 2 fully saturated rings. The number of hydrogen-bond donors (Lipinski definition) is 1. The summed E-state index contributed by atoms with van der Waals surface area (Å²) in [6, 6.07) is 6.87. The lowest BCUT2D eigenvalue weighted by atomic mass is 9.96. The predicted molar refractivity (Wildman–Crippen MR) is 161 cm³/mol. The first-order chi connectivity index (χ1) is 19.1. The summed E-state index contributed by atoms with van der Waals surface area (Å²) >= 11 is 0. The van der Waals surface area contributed by atoms with Crippen LogP contribution in [-0.2, 0) is 16.3 Å². The number of hydrogen-bond acceptors (Lipinski definition) is 7. The highest BCUT2D eigenvalue weighted by Crippen LogP contribution is 2.43. The number of fused-ring (bicyclic) bond motifs is 1. The van der Waals surface area contributed by atoms with Crippen molar-refractivity contribution >= 4 is 30.8 Å². The molecule has 1 N–H and O–H groups in total. The molecular weight excluding hydrogens is 522 g/mol. The zero-order valence-corrected chi connectivity index (χ0v) is 25.7. The summed E-state index contributed by atoms with van der Waals surface area (Å²) in [5.74, 6) is 2.29. The molecule has 3 aromatic rings. The molecule has 40 heavy (non-hydrogen) atoms. The third kappa shape index (κ3) is 6.67. The molecule has 0 spiro atoms. The summed E-state index contributed by atoms with van der Waals surface area (Å²) in [5, 5.41) is 3.98. The van der Waals surface area contributed by atoms with E-state index in [1.165, 1.54) is 6.42 Å². The number of carbonyl (C=O) groups excluding carboxylic acids is 1. The summed E-state index contributed by atoms with van der Waals surface area (Å²) in [7, 11) is 4.49. The van der Waals surface area contributed by atoms with E-state index in [1.807, 2.05) is 43.1 Å². The molecule has 2 aliphatic rings. The van der Waals surface area contributed by atoms with Crippen molar-refractivity contribution in [1.29, 1.82) is 0 Å². The van der Waals surface area contributed by atoms with Crippen LogP contribution in [0.1, 0.15) is 25.7 Å². The van der Waals surface area contributed by atoms with Crippen LogP contribution < -0.4 is 14.8 Å². The lowest BCUT2D eigenvalue weighted by Gasteiger charge is -2.27. The van der Waals surface area contributed by atoms with E-state index in [-0.39, 0.29) is 17.9 Å². The van der Waals surface area contributed by atoms with Gasteiger partial charge in [-0.1, -0.05) is 19.6 Å². The third-order valence-electron chi connectivity index (χ3n) is 7.75. The summed E-state index contributed by atoms with van der Waals surface area (Å²) in [4.78, 5) is 24.5. The Morgan fingerprint density at radius 3 is 2.67 bits per heavy atom. The van der Waals surface area contributed by atoms with Crippen molar-refractivity contribution in [1.82, 2.24) is 19.4 Å². The number of ether oxygens (including phenoxy) is 3. The Morgan fingerprint density at radius 1 is 1.20 bits per heavy atom. The molecule has 2 saturated carbocycles. The number of aromatic nitrogens is 3. The fourth-order valence-corrected chi connectivity index (χ4v) is 5.88. The molecule has 5 rings (SSSR count). The Morgan fingerprint density at radius 2 is 2.00 bits per heavy atom. The molecule has 0 bridgehead atoms. The van der Waals surface area contributed by atoms with Crippen LogP contribution in [0, 0.1) is 11.8 Å². The van der Waals surface area contributed by atoms with Crippen molar-refractivity contribution in [3.8, 4) is 22.8 Å². The van der Waals surface area contributed by atoms with Crippen LogP contribution in [0.5, 0.6) is 11.6 Å². The molecular formula is C30H43N5O4Si. The Labute approximate surface area is 238 Å². The molecule has 216 valence electrons. The van der Waals surface area contributed by atoms with E-state index in [0.717, 1.165) is 59.8 Å². The van der Waals surface area contributed by atoms with Gasteiger partial charge in [0.25, 0.3) is 0 Å². The third-order valence-corrected chi connectivity index (χ3v) is 9.45. The van der Waals surface area contributed by atoms with Crippen LogP contribution in [0.2, 0.25) is 25.7 Å². The molecule has 3 heterocycles. The molecule has 1 amide bonds. The van der Waals surface area contributed by atoms with Crippen molar-refractivity contribution < 1.29 is 19.0 Å². The Kier molecular flexibility index (Phi) is 8.49. The second-order valence-corrected chi connectivity index (χ2v) is 18.3. The van der Waals surface area contributed by atoms with E-state index < -0.39 is 8.07 Å². The van der Waals surface area contributed by atoms with Crippen molar-refractivity contribution in [3.05, 3.63) is 30.6 Å². The van der Waals surface area contributed by atoms with Crippen LogP contribution in [-0.4, -0.2) is 73.9 Å². The lowest BCUT2D eigenvalue weighted by molar-refractivity contribution is -0.117. The van der Waals surface area contributed by atoms with E-state index in [4.69, 9.17) is 19.2 Å². The minimum absolute atomic E-state index is 0.0357. The predicted octanol–water partition coefficient (Wildman–Crippen LogP) is 5.49. The number of nitrogens with zero attached hydrogens (tertiary/aromatic N) is 4. The van der Waals surface area contributed by atoms with Crippen molar-refractivity contribution in [2.75, 3.05) is 39.7 Å². The maximum atomic E-state index is 12.9. The van der Waals surface area contributed by atoms with Gasteiger partial charge in [-0.05, 0) is 69.9 Å². The fraction of sp³-hybridized carbons (Fsp3) is 0.567. The summed E-state index contributed by atoms with van der Waals surface area (Å²) in [6.07, 6.45) is 8.19. The van der Waals surface area contributed by atoms with Crippen molar-refractivity contribution in [2.45, 2.75) is 64.2 Å². The zero-order chi connectivity index (χ0) is 28.4. The number of nitrogens with one attached hydrogen (secondary N) is 1. The molecule has 0 aromatic carbocycles. The molecule has 10 heteroatoms. The van der Waals surface area contributed by atoms with Gasteiger partial charge in [-0.25, -0.2) is 9.97 Å². The topological polar surface area (TPSA) is 90.7 Å². The van der Waals surface area contributed by atoms with Gasteiger partial charge in [0.15, 0.2) is 0 Å². The van der Waals surface area contributed by atoms with Gasteiger partial charge < -0.3 is 29.0 Å². The van der Waals surface area contributed by atoms with Crippen LogP contribution in [0.3, 0.4) is 0 Å². The number of methoxy groups -OCH3 is 1. The average molecular weight is 566 g/mol. The van der Waals surface area contributed by atoms with Crippen molar-refractivity contribution in [3.63, 3.8) is 0 Å². The number of amides is 1. The monoisotopic (exact) mass is 565 g/mol. The van der Waals surface area contributed by atoms with E-state index in [1.54, 1.807) is 13.3 Å². The number of carbonyl (C=O) groups is 1. The molecule has 0 aliphatic heterocycles. The molecule has 2 atom stereocenters. The minimum Gasteiger partial charge on any atom is -0.490 e. The zero-order valence-electron chi connectivity index (χ0n) is 24.7. The van der Waals surface area contributed by atoms with Gasteiger partial charge in [-0.3, -0.25) is 4.79 Å². The Bertz CT molecular complexity index is 1350. The Hall–Kier alpha value is -2.95. The largest absolute Gasteiger partial charge is 0.490 e. The second-order valence-electron chi connectivity index (χ2n) is 12.6. The molecule has 0 radical (unpaired) electrons. The first-order valence-electron chi connectivity index (χ1n) is 14.4. The summed E-state index contributed by atoms with van der Waals surface area (Å²) < 4.78 is 20.2. The molecule has 3 aromatic heterocycles. The van der Waals surface area contributed by atoms with Gasteiger partial charge in [-0.2, -0.15) is 0 Å². The van der Waals surface area contributed by atoms with E-state index >= 15 is 0 Å². The van der Waals surface area contributed by atoms with Gasteiger partial charge in [0.05, 0.1) is 18.8 Å². The van der Waals surface area contributed by atoms with Crippen LogP contribution in [0.15, 0.2) is 30.6 Å². The first-order valence-corrected chi connectivity index (χ1v) is 18.1. The first kappa shape index (κ1) is 28.6. The molecule has 2 aliphatic carbocycles. The van der Waals surface area contributed by atoms with Crippen LogP contribution in [0.25, 0.3) is 22.2 Å². The highest BCUT2D eigenvalue weighted by molar-refractivity contribution is 6.76. The maximum Gasteiger partial charge on any atom is 0.228 e. The minimum atomic E-state index is -1.22. The maximum absolute atomic E-state index is 12.9. The Balaban J connectivity index is 1.47. The lowest BCUT2D eigenvalue weighted by Crippen LogP contribution is -2.24. The van der Waals surface area contributed by atoms with Crippen LogP contribution in [0.4, 0.5) is 5.82 Å². The molecule has 0 saturated heterocycles. The highest BCUT2D eigenvalue weighted by atomic mass is 28.3.